The van der Waals surface area contributed by atoms with Crippen LogP contribution in [0.25, 0.3) is 11.2 Å². The van der Waals surface area contributed by atoms with Crippen molar-refractivity contribution in [3.63, 3.8) is 0 Å². The van der Waals surface area contributed by atoms with Crippen LogP contribution in [0.3, 0.4) is 0 Å². The number of anilines is 1. The molecular weight excluding hydrogens is 434 g/mol. The van der Waals surface area contributed by atoms with Crippen LogP contribution in [0.5, 0.6) is 5.75 Å². The fourth-order valence-corrected chi connectivity index (χ4v) is 4.33. The predicted molar refractivity (Wildman–Crippen MR) is 124 cm³/mol. The number of nitrogens with zero attached hydrogens (tertiary/aromatic N) is 5. The first-order chi connectivity index (χ1) is 15.3. The van der Waals surface area contributed by atoms with Gasteiger partial charge in [-0.25, -0.2) is 4.79 Å². The van der Waals surface area contributed by atoms with E-state index in [0.29, 0.717) is 33.8 Å². The van der Waals surface area contributed by atoms with Gasteiger partial charge in [-0.15, -0.1) is 0 Å². The van der Waals surface area contributed by atoms with Crippen LogP contribution in [-0.2, 0) is 20.6 Å². The molecule has 32 heavy (non-hydrogen) atoms. The Labute approximate surface area is 190 Å². The lowest BCUT2D eigenvalue weighted by molar-refractivity contribution is 0.0935. The van der Waals surface area contributed by atoms with Crippen molar-refractivity contribution in [2.75, 3.05) is 24.6 Å². The van der Waals surface area contributed by atoms with E-state index in [9.17, 15) is 14.7 Å². The lowest BCUT2D eigenvalue weighted by Gasteiger charge is -2.32. The number of piperidine rings is 1. The number of aromatic nitrogens is 4. The molecule has 1 N–H and O–H groups in total. The zero-order chi connectivity index (χ0) is 23.0. The highest BCUT2D eigenvalue weighted by atomic mass is 35.5. The van der Waals surface area contributed by atoms with E-state index >= 15 is 0 Å². The van der Waals surface area contributed by atoms with Crippen molar-refractivity contribution in [3.05, 3.63) is 50.1 Å². The van der Waals surface area contributed by atoms with Crippen LogP contribution in [0, 0.1) is 5.92 Å². The molecular formula is C22H28ClN5O4. The Bertz CT molecular complexity index is 1230. The molecule has 1 aliphatic rings. The van der Waals surface area contributed by atoms with Crippen molar-refractivity contribution in [1.29, 1.82) is 0 Å². The summed E-state index contributed by atoms with van der Waals surface area (Å²) in [5, 5.41) is 11.4. The summed E-state index contributed by atoms with van der Waals surface area (Å²) in [6.45, 7) is 3.93. The summed E-state index contributed by atoms with van der Waals surface area (Å²) >= 11 is 5.90. The van der Waals surface area contributed by atoms with E-state index < -0.39 is 17.4 Å². The average Bonchev–Trinajstić information content (AvgIpc) is 3.15. The van der Waals surface area contributed by atoms with Crippen LogP contribution in [0.15, 0.2) is 33.9 Å². The fourth-order valence-electron chi connectivity index (χ4n) is 4.21. The molecule has 2 aromatic heterocycles. The van der Waals surface area contributed by atoms with Crippen LogP contribution in [0.1, 0.15) is 19.8 Å². The Balaban J connectivity index is 1.70. The quantitative estimate of drug-likeness (QED) is 0.601. The van der Waals surface area contributed by atoms with Crippen LogP contribution in [0.2, 0.25) is 5.02 Å². The van der Waals surface area contributed by atoms with Gasteiger partial charge in [-0.1, -0.05) is 18.5 Å². The number of aliphatic hydroxyl groups excluding tert-OH is 1. The molecule has 10 heteroatoms. The van der Waals surface area contributed by atoms with E-state index in [1.165, 1.54) is 11.6 Å². The fraction of sp³-hybridized carbons (Fsp3) is 0.500. The Hall–Kier alpha value is -2.78. The number of imidazole rings is 1. The van der Waals surface area contributed by atoms with Gasteiger partial charge < -0.3 is 19.3 Å². The first-order valence-corrected chi connectivity index (χ1v) is 11.1. The highest BCUT2D eigenvalue weighted by Crippen LogP contribution is 2.25. The number of aryl methyl sites for hydroxylation is 1. The largest absolute Gasteiger partial charge is 0.491 e. The Kier molecular flexibility index (Phi) is 6.30. The Morgan fingerprint density at radius 3 is 2.62 bits per heavy atom. The maximum Gasteiger partial charge on any atom is 0.332 e. The first kappa shape index (κ1) is 22.4. The number of aliphatic hydroxyl groups is 1. The standard InChI is InChI=1S/C22H28ClN5O4/c1-14-5-4-10-27(11-14)21-24-19-18(20(30)26(3)22(31)25(19)2)28(21)12-16(29)13-32-17-8-6-15(23)7-9-17/h6-9,14,16,29H,4-5,10-13H2,1-3H3/t14-,16+/m1/s1. The third kappa shape index (κ3) is 4.27. The monoisotopic (exact) mass is 461 g/mol. The van der Waals surface area contributed by atoms with Gasteiger partial charge in [0.1, 0.15) is 18.5 Å². The zero-order valence-corrected chi connectivity index (χ0v) is 19.2. The van der Waals surface area contributed by atoms with Gasteiger partial charge in [0.2, 0.25) is 5.95 Å². The van der Waals surface area contributed by atoms with Gasteiger partial charge in [-0.05, 0) is 43.0 Å². The summed E-state index contributed by atoms with van der Waals surface area (Å²) < 4.78 is 9.86. The predicted octanol–water partition coefficient (Wildman–Crippen LogP) is 1.76. The number of hydrogen-bond donors (Lipinski definition) is 1. The number of fused-ring (bicyclic) bond motifs is 1. The first-order valence-electron chi connectivity index (χ1n) is 10.7. The molecule has 0 unspecified atom stereocenters. The van der Waals surface area contributed by atoms with Crippen LogP contribution < -0.4 is 20.9 Å². The summed E-state index contributed by atoms with van der Waals surface area (Å²) in [7, 11) is 3.05. The Morgan fingerprint density at radius 2 is 1.94 bits per heavy atom. The van der Waals surface area contributed by atoms with Crippen LogP contribution >= 0.6 is 11.6 Å². The molecule has 172 valence electrons. The van der Waals surface area contributed by atoms with Gasteiger partial charge in [0.15, 0.2) is 11.2 Å². The molecule has 1 fully saturated rings. The topological polar surface area (TPSA) is 94.5 Å². The van der Waals surface area contributed by atoms with Crippen LogP contribution in [-0.4, -0.2) is 49.6 Å². The normalized spacial score (nSPS) is 17.7. The molecule has 0 amide bonds. The molecule has 3 aromatic rings. The molecule has 0 spiro atoms. The molecule has 4 rings (SSSR count). The average molecular weight is 462 g/mol. The highest BCUT2D eigenvalue weighted by Gasteiger charge is 2.26. The molecule has 1 saturated heterocycles. The maximum absolute atomic E-state index is 13.0. The third-order valence-electron chi connectivity index (χ3n) is 5.92. The van der Waals surface area contributed by atoms with Crippen LogP contribution in [0.4, 0.5) is 5.95 Å². The summed E-state index contributed by atoms with van der Waals surface area (Å²) in [5.41, 5.74) is -0.249. The second-order valence-electron chi connectivity index (χ2n) is 8.51. The van der Waals surface area contributed by atoms with Gasteiger partial charge >= 0.3 is 5.69 Å². The molecule has 1 aliphatic heterocycles. The van der Waals surface area contributed by atoms with Crippen molar-refractivity contribution in [2.45, 2.75) is 32.4 Å². The number of benzene rings is 1. The van der Waals surface area contributed by atoms with E-state index in [1.807, 2.05) is 0 Å². The van der Waals surface area contributed by atoms with E-state index in [-0.39, 0.29) is 13.2 Å². The highest BCUT2D eigenvalue weighted by molar-refractivity contribution is 6.30. The van der Waals surface area contributed by atoms with E-state index in [2.05, 4.69) is 16.8 Å². The summed E-state index contributed by atoms with van der Waals surface area (Å²) in [6, 6.07) is 6.89. The van der Waals surface area contributed by atoms with Crippen molar-refractivity contribution in [2.24, 2.45) is 20.0 Å². The minimum Gasteiger partial charge on any atom is -0.491 e. The molecule has 2 atom stereocenters. The van der Waals surface area contributed by atoms with E-state index in [0.717, 1.165) is 30.5 Å². The van der Waals surface area contributed by atoms with Crippen molar-refractivity contribution in [1.82, 2.24) is 18.7 Å². The van der Waals surface area contributed by atoms with Crippen molar-refractivity contribution >= 4 is 28.7 Å². The smallest absolute Gasteiger partial charge is 0.332 e. The number of hydrogen-bond acceptors (Lipinski definition) is 6. The molecule has 9 nitrogen and oxygen atoms in total. The summed E-state index contributed by atoms with van der Waals surface area (Å²) in [6.07, 6.45) is 1.25. The number of rotatable bonds is 6. The lowest BCUT2D eigenvalue weighted by atomic mass is 10.0. The van der Waals surface area contributed by atoms with Gasteiger partial charge in [0, 0.05) is 32.2 Å². The molecule has 3 heterocycles. The second-order valence-corrected chi connectivity index (χ2v) is 8.95. The van der Waals surface area contributed by atoms with Gasteiger partial charge in [-0.3, -0.25) is 13.9 Å². The van der Waals surface area contributed by atoms with Crippen molar-refractivity contribution in [3.8, 4) is 5.75 Å². The molecule has 0 saturated carbocycles. The molecule has 0 bridgehead atoms. The molecule has 1 aromatic carbocycles. The Morgan fingerprint density at radius 1 is 1.22 bits per heavy atom. The maximum atomic E-state index is 13.0. The SMILES string of the molecule is C[C@@H]1CCCN(c2nc3c(c(=O)n(C)c(=O)n3C)n2C[C@H](O)COc2ccc(Cl)cc2)C1. The minimum atomic E-state index is -0.897. The summed E-state index contributed by atoms with van der Waals surface area (Å²) in [4.78, 5) is 32.3. The zero-order valence-electron chi connectivity index (χ0n) is 18.5. The minimum absolute atomic E-state index is 0.0310. The second kappa shape index (κ2) is 8.99. The summed E-state index contributed by atoms with van der Waals surface area (Å²) in [5.74, 6) is 1.67. The third-order valence-corrected chi connectivity index (χ3v) is 6.17. The van der Waals surface area contributed by atoms with Gasteiger partial charge in [0.25, 0.3) is 5.56 Å². The van der Waals surface area contributed by atoms with Crippen molar-refractivity contribution < 1.29 is 9.84 Å². The van der Waals surface area contributed by atoms with Gasteiger partial charge in [-0.2, -0.15) is 4.98 Å². The molecule has 0 radical (unpaired) electrons. The number of halogens is 1. The van der Waals surface area contributed by atoms with E-state index in [1.54, 1.807) is 35.9 Å². The number of ether oxygens (including phenoxy) is 1. The van der Waals surface area contributed by atoms with E-state index in [4.69, 9.17) is 16.3 Å². The van der Waals surface area contributed by atoms with Gasteiger partial charge in [0.05, 0.1) is 6.54 Å². The lowest BCUT2D eigenvalue weighted by Crippen LogP contribution is -2.39. The molecule has 0 aliphatic carbocycles.